The molecule has 1 N–H and O–H groups in total. The van der Waals surface area contributed by atoms with Crippen molar-refractivity contribution in [1.82, 2.24) is 14.5 Å². The number of ether oxygens (including phenoxy) is 2. The largest absolute Gasteiger partial charge is 0.479 e. The molecule has 214 valence electrons. The second-order valence-electron chi connectivity index (χ2n) is 12.4. The normalized spacial score (nSPS) is 27.4. The Morgan fingerprint density at radius 1 is 1.15 bits per heavy atom. The highest BCUT2D eigenvalue weighted by molar-refractivity contribution is 6.91. The van der Waals surface area contributed by atoms with E-state index in [0.29, 0.717) is 31.4 Å². The van der Waals surface area contributed by atoms with Gasteiger partial charge in [0, 0.05) is 18.3 Å². The Bertz CT molecular complexity index is 1560. The predicted molar refractivity (Wildman–Crippen MR) is 156 cm³/mol. The van der Waals surface area contributed by atoms with Gasteiger partial charge in [-0.15, -0.1) is 0 Å². The van der Waals surface area contributed by atoms with Crippen molar-refractivity contribution in [1.29, 1.82) is 0 Å². The topological polar surface area (TPSA) is 81.3 Å². The molecule has 2 aromatic carbocycles. The van der Waals surface area contributed by atoms with E-state index in [0.717, 1.165) is 29.7 Å². The Kier molecular flexibility index (Phi) is 6.15. The van der Waals surface area contributed by atoms with Crippen molar-refractivity contribution >= 4 is 25.2 Å². The summed E-state index contributed by atoms with van der Waals surface area (Å²) in [5, 5.41) is 16.8. The molecule has 1 spiro atoms. The molecule has 0 bridgehead atoms. The summed E-state index contributed by atoms with van der Waals surface area (Å²) < 4.78 is 28.6. The molecule has 0 aliphatic carbocycles. The zero-order chi connectivity index (χ0) is 28.4. The Hall–Kier alpha value is -3.47. The fourth-order valence-corrected chi connectivity index (χ4v) is 10.0. The maximum atomic E-state index is 13.9. The third-order valence-corrected chi connectivity index (χ3v) is 12.6. The number of rotatable bonds is 4. The molecule has 8 nitrogen and oxygen atoms in total. The second kappa shape index (κ2) is 9.54. The van der Waals surface area contributed by atoms with Gasteiger partial charge in [-0.05, 0) is 65.5 Å². The molecule has 2 saturated heterocycles. The van der Waals surface area contributed by atoms with Crippen molar-refractivity contribution in [2.24, 2.45) is 5.16 Å². The van der Waals surface area contributed by atoms with E-state index < -0.39 is 19.2 Å². The fourth-order valence-electron chi connectivity index (χ4n) is 6.93. The van der Waals surface area contributed by atoms with Gasteiger partial charge in [0.15, 0.2) is 11.4 Å². The molecule has 4 aliphatic rings. The molecule has 3 aromatic rings. The van der Waals surface area contributed by atoms with Crippen LogP contribution in [-0.2, 0) is 26.3 Å². The van der Waals surface area contributed by atoms with Gasteiger partial charge < -0.3 is 28.9 Å². The highest BCUT2D eigenvalue weighted by Crippen LogP contribution is 2.43. The van der Waals surface area contributed by atoms with E-state index in [9.17, 15) is 9.50 Å². The van der Waals surface area contributed by atoms with E-state index in [2.05, 4.69) is 57.1 Å². The summed E-state index contributed by atoms with van der Waals surface area (Å²) in [7, 11) is -1.69. The van der Waals surface area contributed by atoms with E-state index in [1.807, 2.05) is 13.3 Å². The summed E-state index contributed by atoms with van der Waals surface area (Å²) in [4.78, 5) is 12.4. The van der Waals surface area contributed by atoms with E-state index in [1.165, 1.54) is 34.6 Å². The number of amidine groups is 1. The lowest BCUT2D eigenvalue weighted by Gasteiger charge is -2.52. The summed E-state index contributed by atoms with van der Waals surface area (Å²) in [5.41, 5.74) is 3.88. The van der Waals surface area contributed by atoms with E-state index in [1.54, 1.807) is 12.1 Å². The summed E-state index contributed by atoms with van der Waals surface area (Å²) in [5.74, 6) is 0.802. The molecule has 7 rings (SSSR count). The number of fused-ring (bicyclic) bond motifs is 2. The molecule has 1 aromatic heterocycles. The molecule has 0 saturated carbocycles. The molecule has 41 heavy (non-hydrogen) atoms. The average Bonchev–Trinajstić information content (AvgIpc) is 3.68. The minimum absolute atomic E-state index is 0.136. The lowest BCUT2D eigenvalue weighted by atomic mass is 9.85. The predicted octanol–water partition coefficient (Wildman–Crippen LogP) is 3.86. The van der Waals surface area contributed by atoms with Crippen molar-refractivity contribution in [2.75, 3.05) is 33.0 Å². The summed E-state index contributed by atoms with van der Waals surface area (Å²) in [6.45, 7) is 8.30. The molecule has 10 heteroatoms. The quantitative estimate of drug-likeness (QED) is 0.477. The van der Waals surface area contributed by atoms with Gasteiger partial charge in [0.05, 0.1) is 46.5 Å². The first-order valence-corrected chi connectivity index (χ1v) is 17.5. The monoisotopic (exact) mass is 574 g/mol. The van der Waals surface area contributed by atoms with Crippen LogP contribution in [0.3, 0.4) is 0 Å². The van der Waals surface area contributed by atoms with Gasteiger partial charge in [0.2, 0.25) is 5.84 Å². The minimum atomic E-state index is -1.69. The second-order valence-corrected chi connectivity index (χ2v) is 17.2. The number of aromatic nitrogens is 2. The molecule has 2 fully saturated rings. The third-order valence-electron chi connectivity index (χ3n) is 9.21. The summed E-state index contributed by atoms with van der Waals surface area (Å²) in [6.07, 6.45) is 7.80. The Morgan fingerprint density at radius 3 is 2.68 bits per heavy atom. The number of aliphatic hydroxyl groups is 1. The van der Waals surface area contributed by atoms with Crippen LogP contribution in [0.5, 0.6) is 0 Å². The highest BCUT2D eigenvalue weighted by Gasteiger charge is 2.54. The van der Waals surface area contributed by atoms with E-state index in [4.69, 9.17) is 14.3 Å². The first-order chi connectivity index (χ1) is 19.7. The van der Waals surface area contributed by atoms with Gasteiger partial charge >= 0.3 is 0 Å². The van der Waals surface area contributed by atoms with Crippen molar-refractivity contribution < 1.29 is 23.8 Å². The number of aliphatic hydroxyl groups excluding tert-OH is 1. The number of oxime groups is 1. The van der Waals surface area contributed by atoms with Crippen molar-refractivity contribution in [2.45, 2.75) is 50.0 Å². The SMILES string of the molecule is Cc1cn(-c2ccc(/C=C3\OC4(CCOC4)CN4C3=NOCC4(CO)c3ccc(F)cc3)c3c2[Si](C)(C)CC3)cn1. The van der Waals surface area contributed by atoms with Gasteiger partial charge in [-0.3, -0.25) is 0 Å². The maximum Gasteiger partial charge on any atom is 0.211 e. The van der Waals surface area contributed by atoms with Crippen molar-refractivity contribution in [3.05, 3.63) is 82.9 Å². The number of nitrogens with zero attached hydrogens (tertiary/aromatic N) is 4. The molecular formula is C31H35FN4O4Si. The van der Waals surface area contributed by atoms with Gasteiger partial charge in [0.25, 0.3) is 0 Å². The third kappa shape index (κ3) is 4.22. The van der Waals surface area contributed by atoms with Crippen molar-refractivity contribution in [3.63, 3.8) is 0 Å². The lowest BCUT2D eigenvalue weighted by molar-refractivity contribution is -0.101. The van der Waals surface area contributed by atoms with Gasteiger partial charge in [-0.1, -0.05) is 36.4 Å². The number of aryl methyl sites for hydroxylation is 1. The van der Waals surface area contributed by atoms with E-state index >= 15 is 0 Å². The molecular weight excluding hydrogens is 539 g/mol. The number of morpholine rings is 1. The van der Waals surface area contributed by atoms with Crippen LogP contribution in [0.15, 0.2) is 59.8 Å². The van der Waals surface area contributed by atoms with Crippen LogP contribution < -0.4 is 5.19 Å². The molecule has 5 heterocycles. The number of hydrogen-bond acceptors (Lipinski definition) is 7. The summed E-state index contributed by atoms with van der Waals surface area (Å²) >= 11 is 0. The standard InChI is InChI=1S/C31H35FN4O4Si/c1-21-15-35(20-33-21)26-9-4-22(25-10-13-41(2,3)28(25)26)14-27-29-34-39-19-31(17-37,23-5-7-24(32)8-6-23)36(29)16-30(40-27)11-12-38-18-30/h4-9,14-15,20,37H,10-13,16-19H2,1-3H3/b27-14-. The smallest absolute Gasteiger partial charge is 0.211 e. The zero-order valence-electron chi connectivity index (χ0n) is 23.7. The van der Waals surface area contributed by atoms with Crippen LogP contribution in [0.25, 0.3) is 11.8 Å². The Labute approximate surface area is 240 Å². The summed E-state index contributed by atoms with van der Waals surface area (Å²) in [6, 6.07) is 11.8. The van der Waals surface area contributed by atoms with Gasteiger partial charge in [-0.2, -0.15) is 0 Å². The minimum Gasteiger partial charge on any atom is -0.479 e. The Morgan fingerprint density at radius 2 is 1.98 bits per heavy atom. The Balaban J connectivity index is 1.37. The van der Waals surface area contributed by atoms with Crippen LogP contribution in [0.1, 0.15) is 28.8 Å². The van der Waals surface area contributed by atoms with Gasteiger partial charge in [-0.25, -0.2) is 9.37 Å². The number of halogens is 1. The first-order valence-electron chi connectivity index (χ1n) is 14.2. The number of hydrogen-bond donors (Lipinski definition) is 1. The van der Waals surface area contributed by atoms with Crippen LogP contribution in [0.2, 0.25) is 19.1 Å². The van der Waals surface area contributed by atoms with E-state index in [-0.39, 0.29) is 19.0 Å². The molecule has 0 radical (unpaired) electrons. The lowest BCUT2D eigenvalue weighted by Crippen LogP contribution is -2.65. The van der Waals surface area contributed by atoms with Gasteiger partial charge in [0.1, 0.15) is 18.0 Å². The van der Waals surface area contributed by atoms with Crippen LogP contribution in [0.4, 0.5) is 4.39 Å². The van der Waals surface area contributed by atoms with Crippen LogP contribution >= 0.6 is 0 Å². The fraction of sp³-hybridized carbons (Fsp3) is 0.419. The zero-order valence-corrected chi connectivity index (χ0v) is 24.7. The van der Waals surface area contributed by atoms with Crippen LogP contribution in [-0.4, -0.2) is 72.0 Å². The van der Waals surface area contributed by atoms with Crippen LogP contribution in [0, 0.1) is 12.7 Å². The first kappa shape index (κ1) is 26.4. The molecule has 2 atom stereocenters. The molecule has 2 unspecified atom stereocenters. The highest BCUT2D eigenvalue weighted by atomic mass is 28.3. The number of imidazole rings is 1. The van der Waals surface area contributed by atoms with Crippen molar-refractivity contribution in [3.8, 4) is 5.69 Å². The number of benzene rings is 2. The molecule has 0 amide bonds. The molecule has 4 aliphatic heterocycles. The average molecular weight is 575 g/mol. The maximum absolute atomic E-state index is 13.9.